The van der Waals surface area contributed by atoms with Gasteiger partial charge in [0.15, 0.2) is 11.2 Å². The highest BCUT2D eigenvalue weighted by Crippen LogP contribution is 2.32. The molecular formula is C28H23N3O5S. The summed E-state index contributed by atoms with van der Waals surface area (Å²) in [5, 5.41) is 4.20. The average molecular weight is 514 g/mol. The highest BCUT2D eigenvalue weighted by Gasteiger charge is 2.26. The Hall–Kier alpha value is -4.50. The Morgan fingerprint density at radius 1 is 1.00 bits per heavy atom. The van der Waals surface area contributed by atoms with E-state index in [1.807, 2.05) is 42.5 Å². The lowest BCUT2D eigenvalue weighted by molar-refractivity contribution is -0.123. The number of carbonyl (C=O) groups is 2. The number of anilines is 1. The lowest BCUT2D eigenvalue weighted by Crippen LogP contribution is -2.32. The van der Waals surface area contributed by atoms with Crippen molar-refractivity contribution in [2.75, 3.05) is 12.4 Å². The Morgan fingerprint density at radius 2 is 1.70 bits per heavy atom. The van der Waals surface area contributed by atoms with E-state index >= 15 is 0 Å². The van der Waals surface area contributed by atoms with Crippen LogP contribution in [0.5, 0.6) is 5.75 Å². The van der Waals surface area contributed by atoms with E-state index in [0.29, 0.717) is 32.7 Å². The second-order valence-electron chi connectivity index (χ2n) is 8.39. The number of hydrogen-bond acceptors (Lipinski definition) is 7. The second-order valence-corrected chi connectivity index (χ2v) is 9.42. The summed E-state index contributed by atoms with van der Waals surface area (Å²) in [4.78, 5) is 43.8. The van der Waals surface area contributed by atoms with E-state index in [1.165, 1.54) is 29.9 Å². The summed E-state index contributed by atoms with van der Waals surface area (Å²) in [6.07, 6.45) is -1.14. The van der Waals surface area contributed by atoms with Crippen molar-refractivity contribution in [2.45, 2.75) is 13.0 Å². The summed E-state index contributed by atoms with van der Waals surface area (Å²) in [6, 6.07) is 21.8. The quantitative estimate of drug-likeness (QED) is 0.321. The molecule has 0 radical (unpaired) electrons. The predicted molar refractivity (Wildman–Crippen MR) is 144 cm³/mol. The van der Waals surface area contributed by atoms with Crippen molar-refractivity contribution in [2.24, 2.45) is 7.05 Å². The minimum Gasteiger partial charge on any atom is -0.497 e. The zero-order valence-electron chi connectivity index (χ0n) is 20.3. The van der Waals surface area contributed by atoms with Crippen LogP contribution in [-0.4, -0.2) is 34.6 Å². The number of methoxy groups -OCH3 is 1. The lowest BCUT2D eigenvalue weighted by Gasteiger charge is -2.18. The standard InChI is InChI=1S/C28H23N3O5S/c1-16(25(32)30-28-29-21-14-13-18(35-3)15-22(21)37-28)36-27(34)24-23(17-9-5-4-6-10-17)19-11-7-8-12-20(19)26(33)31(24)2/h4-16H,1-3H3,(H,29,30,32). The number of fused-ring (bicyclic) bond motifs is 2. The van der Waals surface area contributed by atoms with Crippen molar-refractivity contribution in [1.82, 2.24) is 9.55 Å². The van der Waals surface area contributed by atoms with Gasteiger partial charge in [0.25, 0.3) is 11.5 Å². The molecule has 1 unspecified atom stereocenters. The van der Waals surface area contributed by atoms with Gasteiger partial charge in [-0.25, -0.2) is 9.78 Å². The van der Waals surface area contributed by atoms with Gasteiger partial charge in [0, 0.05) is 18.0 Å². The first-order valence-electron chi connectivity index (χ1n) is 11.5. The molecule has 0 aliphatic carbocycles. The highest BCUT2D eigenvalue weighted by atomic mass is 32.1. The van der Waals surface area contributed by atoms with Crippen LogP contribution in [0.2, 0.25) is 0 Å². The number of ether oxygens (including phenoxy) is 2. The minimum atomic E-state index is -1.14. The summed E-state index contributed by atoms with van der Waals surface area (Å²) in [5.41, 5.74) is 1.77. The van der Waals surface area contributed by atoms with E-state index < -0.39 is 18.0 Å². The van der Waals surface area contributed by atoms with E-state index in [4.69, 9.17) is 9.47 Å². The fourth-order valence-electron chi connectivity index (χ4n) is 4.16. The molecule has 0 saturated carbocycles. The Morgan fingerprint density at radius 3 is 2.43 bits per heavy atom. The first kappa shape index (κ1) is 24.2. The lowest BCUT2D eigenvalue weighted by atomic mass is 9.97. The maximum absolute atomic E-state index is 13.4. The van der Waals surface area contributed by atoms with Crippen LogP contribution in [0.3, 0.4) is 0 Å². The van der Waals surface area contributed by atoms with E-state index in [2.05, 4.69) is 10.3 Å². The molecule has 3 aromatic carbocycles. The van der Waals surface area contributed by atoms with Crippen LogP contribution in [0, 0.1) is 0 Å². The largest absolute Gasteiger partial charge is 0.497 e. The van der Waals surface area contributed by atoms with Crippen LogP contribution in [0.25, 0.3) is 32.1 Å². The Kier molecular flexibility index (Phi) is 6.45. The molecule has 2 aromatic heterocycles. The van der Waals surface area contributed by atoms with Gasteiger partial charge < -0.3 is 14.0 Å². The monoisotopic (exact) mass is 513 g/mol. The number of carbonyl (C=O) groups excluding carboxylic acids is 2. The molecule has 2 heterocycles. The zero-order chi connectivity index (χ0) is 26.1. The van der Waals surface area contributed by atoms with Crippen molar-refractivity contribution in [3.63, 3.8) is 0 Å². The molecule has 0 aliphatic heterocycles. The predicted octanol–water partition coefficient (Wildman–Crippen LogP) is 5.01. The van der Waals surface area contributed by atoms with Crippen molar-refractivity contribution in [1.29, 1.82) is 0 Å². The fraction of sp³-hybridized carbons (Fsp3) is 0.143. The van der Waals surface area contributed by atoms with Gasteiger partial charge in [-0.15, -0.1) is 0 Å². The molecule has 0 aliphatic rings. The topological polar surface area (TPSA) is 99.5 Å². The average Bonchev–Trinajstić information content (AvgIpc) is 3.32. The number of amides is 1. The van der Waals surface area contributed by atoms with Crippen molar-refractivity contribution in [3.05, 3.63) is 88.8 Å². The second kappa shape index (κ2) is 9.87. The number of pyridine rings is 1. The maximum atomic E-state index is 13.4. The van der Waals surface area contributed by atoms with Gasteiger partial charge in [0.1, 0.15) is 11.4 Å². The van der Waals surface area contributed by atoms with E-state index in [1.54, 1.807) is 37.4 Å². The summed E-state index contributed by atoms with van der Waals surface area (Å²) < 4.78 is 12.9. The van der Waals surface area contributed by atoms with Crippen LogP contribution in [0.1, 0.15) is 17.4 Å². The number of thiazole rings is 1. The molecule has 9 heteroatoms. The van der Waals surface area contributed by atoms with Crippen molar-refractivity contribution >= 4 is 49.3 Å². The summed E-state index contributed by atoms with van der Waals surface area (Å²) in [6.45, 7) is 1.48. The Labute approximate surface area is 216 Å². The number of aromatic nitrogens is 2. The Bertz CT molecular complexity index is 1710. The van der Waals surface area contributed by atoms with Gasteiger partial charge in [-0.2, -0.15) is 0 Å². The minimum absolute atomic E-state index is 0.0710. The molecule has 8 nitrogen and oxygen atoms in total. The first-order valence-corrected chi connectivity index (χ1v) is 12.3. The third-order valence-electron chi connectivity index (χ3n) is 6.04. The van der Waals surface area contributed by atoms with Crippen LogP contribution in [-0.2, 0) is 16.6 Å². The van der Waals surface area contributed by atoms with Crippen LogP contribution < -0.4 is 15.6 Å². The van der Waals surface area contributed by atoms with E-state index in [9.17, 15) is 14.4 Å². The summed E-state index contributed by atoms with van der Waals surface area (Å²) in [7, 11) is 3.10. The van der Waals surface area contributed by atoms with Gasteiger partial charge in [0.05, 0.1) is 17.3 Å². The summed E-state index contributed by atoms with van der Waals surface area (Å²) in [5.74, 6) is -0.626. The molecule has 0 fully saturated rings. The number of esters is 1. The molecule has 0 spiro atoms. The van der Waals surface area contributed by atoms with Gasteiger partial charge in [-0.1, -0.05) is 59.9 Å². The van der Waals surface area contributed by atoms with E-state index in [0.717, 1.165) is 10.3 Å². The molecule has 5 rings (SSSR count). The molecule has 0 bridgehead atoms. The van der Waals surface area contributed by atoms with Crippen LogP contribution >= 0.6 is 11.3 Å². The first-order chi connectivity index (χ1) is 17.9. The van der Waals surface area contributed by atoms with Crippen LogP contribution in [0.4, 0.5) is 5.13 Å². The SMILES string of the molecule is COc1ccc2nc(NC(=O)C(C)OC(=O)c3c(-c4ccccc4)c4ccccc4c(=O)n3C)sc2c1. The number of rotatable bonds is 6. The molecule has 1 N–H and O–H groups in total. The molecule has 1 amide bonds. The van der Waals surface area contributed by atoms with Gasteiger partial charge in [-0.3, -0.25) is 14.9 Å². The van der Waals surface area contributed by atoms with Crippen molar-refractivity contribution in [3.8, 4) is 16.9 Å². The third kappa shape index (κ3) is 4.56. The normalized spacial score (nSPS) is 11.9. The third-order valence-corrected chi connectivity index (χ3v) is 6.97. The van der Waals surface area contributed by atoms with Crippen LogP contribution in [0.15, 0.2) is 77.6 Å². The van der Waals surface area contributed by atoms with E-state index in [-0.39, 0.29) is 11.3 Å². The number of hydrogen-bond donors (Lipinski definition) is 1. The van der Waals surface area contributed by atoms with Crippen molar-refractivity contribution < 1.29 is 19.1 Å². The molecule has 5 aromatic rings. The molecular weight excluding hydrogens is 490 g/mol. The maximum Gasteiger partial charge on any atom is 0.356 e. The van der Waals surface area contributed by atoms with Gasteiger partial charge in [0.2, 0.25) is 0 Å². The zero-order valence-corrected chi connectivity index (χ0v) is 21.2. The number of nitrogens with one attached hydrogen (secondary N) is 1. The molecule has 37 heavy (non-hydrogen) atoms. The molecule has 0 saturated heterocycles. The number of benzene rings is 3. The fourth-order valence-corrected chi connectivity index (χ4v) is 5.06. The highest BCUT2D eigenvalue weighted by molar-refractivity contribution is 7.22. The summed E-state index contributed by atoms with van der Waals surface area (Å²) >= 11 is 1.28. The number of nitrogens with zero attached hydrogens (tertiary/aromatic N) is 2. The molecule has 1 atom stereocenters. The Balaban J connectivity index is 1.46. The van der Waals surface area contributed by atoms with Gasteiger partial charge in [-0.05, 0) is 42.1 Å². The smallest absolute Gasteiger partial charge is 0.356 e. The van der Waals surface area contributed by atoms with Gasteiger partial charge >= 0.3 is 5.97 Å². The molecule has 186 valence electrons.